The summed E-state index contributed by atoms with van der Waals surface area (Å²) in [7, 11) is 0. The third-order valence-electron chi connectivity index (χ3n) is 7.36. The number of aromatic nitrogens is 6. The quantitative estimate of drug-likeness (QED) is 0.323. The molecule has 1 amide bonds. The minimum atomic E-state index is -0.606. The van der Waals surface area contributed by atoms with E-state index >= 15 is 0 Å². The Bertz CT molecular complexity index is 1590. The van der Waals surface area contributed by atoms with Crippen LogP contribution in [0, 0.1) is 5.41 Å². The molecule has 2 aliphatic rings. The molecule has 1 atom stereocenters. The van der Waals surface area contributed by atoms with Crippen molar-refractivity contribution in [2.24, 2.45) is 5.41 Å². The number of carbonyl (C=O) groups excluding carboxylic acids is 1. The number of nitrogens with two attached hydrogens (primary N) is 1. The second-order valence-electron chi connectivity index (χ2n) is 11.1. The molecule has 3 N–H and O–H groups in total. The summed E-state index contributed by atoms with van der Waals surface area (Å²) in [6.07, 6.45) is 9.89. The van der Waals surface area contributed by atoms with Crippen LogP contribution in [-0.4, -0.2) is 53.9 Å². The van der Waals surface area contributed by atoms with Gasteiger partial charge in [-0.1, -0.05) is 35.0 Å². The van der Waals surface area contributed by atoms with Crippen LogP contribution in [0.5, 0.6) is 0 Å². The highest BCUT2D eigenvalue weighted by atomic mass is 35.5. The van der Waals surface area contributed by atoms with Crippen LogP contribution < -0.4 is 16.0 Å². The van der Waals surface area contributed by atoms with Gasteiger partial charge in [-0.15, -0.1) is 0 Å². The summed E-state index contributed by atoms with van der Waals surface area (Å²) in [6.45, 7) is 7.68. The van der Waals surface area contributed by atoms with E-state index in [1.165, 1.54) is 11.8 Å². The molecular formula is C26H29Cl2N9O2S. The van der Waals surface area contributed by atoms with Gasteiger partial charge in [0.25, 0.3) is 0 Å². The fourth-order valence-electron chi connectivity index (χ4n) is 5.54. The average Bonchev–Trinajstić information content (AvgIpc) is 3.59. The molecule has 0 unspecified atom stereocenters. The van der Waals surface area contributed by atoms with Gasteiger partial charge < -0.3 is 20.7 Å². The Kier molecular flexibility index (Phi) is 6.75. The first-order valence-electron chi connectivity index (χ1n) is 12.9. The van der Waals surface area contributed by atoms with Crippen molar-refractivity contribution in [3.8, 4) is 0 Å². The molecule has 210 valence electrons. The second-order valence-corrected chi connectivity index (χ2v) is 13.0. The number of halogens is 2. The number of anilines is 2. The minimum Gasteiger partial charge on any atom is -0.444 e. The van der Waals surface area contributed by atoms with Gasteiger partial charge >= 0.3 is 6.09 Å². The number of nitrogens with zero attached hydrogens (tertiary/aromatic N) is 7. The summed E-state index contributed by atoms with van der Waals surface area (Å²) in [5.74, 6) is 1.09. The number of pyridine rings is 1. The van der Waals surface area contributed by atoms with Crippen LogP contribution in [0.1, 0.15) is 45.3 Å². The van der Waals surface area contributed by atoms with Gasteiger partial charge in [0, 0.05) is 54.7 Å². The highest BCUT2D eigenvalue weighted by Gasteiger charge is 2.51. The summed E-state index contributed by atoms with van der Waals surface area (Å²) in [5, 5.41) is 8.55. The number of alkyl carbamates (subject to hydrolysis) is 1. The topological polar surface area (TPSA) is 128 Å². The molecule has 0 saturated carbocycles. The normalized spacial score (nSPS) is 18.3. The number of piperidine rings is 1. The van der Waals surface area contributed by atoms with Crippen LogP contribution >= 0.6 is 35.0 Å². The van der Waals surface area contributed by atoms with Gasteiger partial charge in [-0.25, -0.2) is 19.7 Å². The molecular weight excluding hydrogens is 573 g/mol. The number of hydrogen-bond donors (Lipinski definition) is 2. The molecule has 40 heavy (non-hydrogen) atoms. The first kappa shape index (κ1) is 27.0. The average molecular weight is 603 g/mol. The molecule has 0 radical (unpaired) electrons. The van der Waals surface area contributed by atoms with Crippen LogP contribution in [0.25, 0.3) is 5.65 Å². The summed E-state index contributed by atoms with van der Waals surface area (Å²) in [6, 6.07) is 1.51. The van der Waals surface area contributed by atoms with Crippen molar-refractivity contribution in [3.05, 3.63) is 52.8 Å². The van der Waals surface area contributed by atoms with E-state index in [1.54, 1.807) is 18.6 Å². The summed E-state index contributed by atoms with van der Waals surface area (Å²) >= 11 is 14.4. The maximum Gasteiger partial charge on any atom is 0.408 e. The number of ether oxygens (including phenoxy) is 1. The van der Waals surface area contributed by atoms with Gasteiger partial charge in [-0.05, 0) is 39.7 Å². The minimum absolute atomic E-state index is 0.248. The number of amides is 1. The van der Waals surface area contributed by atoms with Gasteiger partial charge in [0.2, 0.25) is 5.95 Å². The molecule has 6 rings (SSSR count). The molecule has 1 fully saturated rings. The molecule has 1 spiro atoms. The zero-order valence-corrected chi connectivity index (χ0v) is 24.6. The van der Waals surface area contributed by atoms with Crippen LogP contribution in [0.2, 0.25) is 10.0 Å². The van der Waals surface area contributed by atoms with Crippen LogP contribution in [0.15, 0.2) is 46.8 Å². The lowest BCUT2D eigenvalue weighted by molar-refractivity contribution is 0.0423. The van der Waals surface area contributed by atoms with Crippen molar-refractivity contribution < 1.29 is 9.53 Å². The van der Waals surface area contributed by atoms with E-state index in [-0.39, 0.29) is 17.3 Å². The van der Waals surface area contributed by atoms with Gasteiger partial charge in [0.05, 0.1) is 32.9 Å². The van der Waals surface area contributed by atoms with Crippen molar-refractivity contribution in [3.63, 3.8) is 0 Å². The Balaban J connectivity index is 1.24. The standard InChI is InChI=1S/C26H29Cl2N9O2S/c1-25(2,3)39-24(38)34-20-19-15(27)12-33-37(19)14-26(20)5-9-35(10-6-26)23-32-13-17(22-31-8-11-36(22)23)40-16-4-7-30-21(29)18(16)28/h4,7-8,11-13,20H,5-6,9-10,14H2,1-3H3,(H2,29,30)(H,34,38)/t20-/m1/s1. The van der Waals surface area contributed by atoms with Gasteiger partial charge in [0.1, 0.15) is 11.4 Å². The Morgan fingerprint density at radius 3 is 2.67 bits per heavy atom. The van der Waals surface area contributed by atoms with Crippen molar-refractivity contribution in [2.75, 3.05) is 23.7 Å². The Morgan fingerprint density at radius 1 is 1.15 bits per heavy atom. The molecule has 0 aliphatic carbocycles. The molecule has 0 bridgehead atoms. The van der Waals surface area contributed by atoms with Gasteiger partial charge in [0.15, 0.2) is 5.65 Å². The molecule has 14 heteroatoms. The summed E-state index contributed by atoms with van der Waals surface area (Å²) in [4.78, 5) is 30.2. The van der Waals surface area contributed by atoms with E-state index in [4.69, 9.17) is 38.7 Å². The molecule has 2 aliphatic heterocycles. The lowest BCUT2D eigenvalue weighted by Crippen LogP contribution is -2.48. The molecule has 4 aromatic rings. The van der Waals surface area contributed by atoms with Crippen LogP contribution in [-0.2, 0) is 11.3 Å². The zero-order valence-electron chi connectivity index (χ0n) is 22.3. The maximum atomic E-state index is 12.8. The second kappa shape index (κ2) is 10.0. The number of nitrogen functional groups attached to an aromatic ring is 1. The number of fused-ring (bicyclic) bond motifs is 2. The molecule has 4 aromatic heterocycles. The van der Waals surface area contributed by atoms with Crippen LogP contribution in [0.4, 0.5) is 16.6 Å². The predicted molar refractivity (Wildman–Crippen MR) is 154 cm³/mol. The van der Waals surface area contributed by atoms with Crippen LogP contribution in [0.3, 0.4) is 0 Å². The van der Waals surface area contributed by atoms with Crippen molar-refractivity contribution in [1.29, 1.82) is 0 Å². The number of hydrogen-bond acceptors (Lipinski definition) is 9. The fourth-order valence-corrected chi connectivity index (χ4v) is 6.92. The van der Waals surface area contributed by atoms with E-state index in [2.05, 4.69) is 25.3 Å². The Labute approximate surface area is 245 Å². The number of rotatable bonds is 4. The van der Waals surface area contributed by atoms with Crippen molar-refractivity contribution in [2.45, 2.75) is 61.6 Å². The Hall–Kier alpha value is -3.22. The summed E-state index contributed by atoms with van der Waals surface area (Å²) in [5.41, 5.74) is 6.64. The first-order chi connectivity index (χ1) is 19.0. The largest absolute Gasteiger partial charge is 0.444 e. The smallest absolute Gasteiger partial charge is 0.408 e. The number of carbonyl (C=O) groups is 1. The highest BCUT2D eigenvalue weighted by molar-refractivity contribution is 7.99. The lowest BCUT2D eigenvalue weighted by Gasteiger charge is -2.43. The molecule has 11 nitrogen and oxygen atoms in total. The van der Waals surface area contributed by atoms with E-state index < -0.39 is 11.7 Å². The lowest BCUT2D eigenvalue weighted by atomic mass is 9.73. The monoisotopic (exact) mass is 601 g/mol. The zero-order chi connectivity index (χ0) is 28.2. The van der Waals surface area contributed by atoms with E-state index in [0.29, 0.717) is 16.6 Å². The predicted octanol–water partition coefficient (Wildman–Crippen LogP) is 5.23. The van der Waals surface area contributed by atoms with E-state index in [9.17, 15) is 4.79 Å². The summed E-state index contributed by atoms with van der Waals surface area (Å²) < 4.78 is 9.49. The number of nitrogens with one attached hydrogen (secondary N) is 1. The SMILES string of the molecule is CC(C)(C)OC(=O)N[C@@H]1c2c(Cl)cnn2CC12CCN(c1ncc(Sc3ccnc(N)c3Cl)c3nccn13)CC2. The third kappa shape index (κ3) is 4.82. The van der Waals surface area contributed by atoms with E-state index in [0.717, 1.165) is 53.0 Å². The number of imidazole rings is 1. The van der Waals surface area contributed by atoms with E-state index in [1.807, 2.05) is 48.3 Å². The van der Waals surface area contributed by atoms with Gasteiger partial charge in [-0.2, -0.15) is 5.10 Å². The molecule has 0 aromatic carbocycles. The fraction of sp³-hybridized carbons (Fsp3) is 0.423. The first-order valence-corrected chi connectivity index (χ1v) is 14.5. The third-order valence-corrected chi connectivity index (χ3v) is 9.23. The van der Waals surface area contributed by atoms with Gasteiger partial charge in [-0.3, -0.25) is 9.08 Å². The van der Waals surface area contributed by atoms with Crippen molar-refractivity contribution >= 4 is 58.5 Å². The maximum absolute atomic E-state index is 12.8. The van der Waals surface area contributed by atoms with Crippen molar-refractivity contribution in [1.82, 2.24) is 34.4 Å². The molecule has 6 heterocycles. The molecule has 1 saturated heterocycles. The Morgan fingerprint density at radius 2 is 1.93 bits per heavy atom. The highest BCUT2D eigenvalue weighted by Crippen LogP contribution is 2.51.